The maximum atomic E-state index is 12.2. The molecule has 3 unspecified atom stereocenters. The molecule has 0 spiro atoms. The van der Waals surface area contributed by atoms with Crippen LogP contribution in [0, 0.1) is 11.8 Å². The van der Waals surface area contributed by atoms with E-state index in [-0.39, 0.29) is 24.2 Å². The second-order valence-corrected chi connectivity index (χ2v) is 5.85. The number of amides is 1. The summed E-state index contributed by atoms with van der Waals surface area (Å²) in [6.45, 7) is 5.55. The lowest BCUT2D eigenvalue weighted by atomic mass is 9.96. The van der Waals surface area contributed by atoms with Crippen LogP contribution in [0.4, 0.5) is 5.69 Å². The fourth-order valence-electron chi connectivity index (χ4n) is 2.67. The molecular weight excluding hydrogens is 268 g/mol. The number of hydrogen-bond donors (Lipinski definition) is 3. The molecule has 5 nitrogen and oxygen atoms in total. The lowest BCUT2D eigenvalue weighted by molar-refractivity contribution is -0.137. The van der Waals surface area contributed by atoms with Crippen LogP contribution in [0.1, 0.15) is 31.7 Å². The van der Waals surface area contributed by atoms with Crippen LogP contribution in [-0.2, 0) is 9.59 Å². The topological polar surface area (TPSA) is 78.4 Å². The molecule has 0 radical (unpaired) electrons. The van der Waals surface area contributed by atoms with E-state index in [9.17, 15) is 9.59 Å². The molecule has 0 aliphatic carbocycles. The van der Waals surface area contributed by atoms with Gasteiger partial charge in [-0.3, -0.25) is 9.59 Å². The Balaban J connectivity index is 1.96. The number of anilines is 1. The SMILES string of the molecule is CC(CC(=O)O)c1ccc(NC(=O)C2CNCC2C)cc1. The molecule has 3 N–H and O–H groups in total. The second-order valence-electron chi connectivity index (χ2n) is 5.85. The summed E-state index contributed by atoms with van der Waals surface area (Å²) in [6, 6.07) is 7.41. The number of carboxylic acids is 1. The average Bonchev–Trinajstić information content (AvgIpc) is 2.85. The lowest BCUT2D eigenvalue weighted by Gasteiger charge is -2.15. The van der Waals surface area contributed by atoms with Gasteiger partial charge in [0, 0.05) is 12.2 Å². The fourth-order valence-corrected chi connectivity index (χ4v) is 2.67. The Kier molecular flexibility index (Phi) is 4.96. The highest BCUT2D eigenvalue weighted by molar-refractivity contribution is 5.93. The number of carboxylic acid groups (broad SMARTS) is 1. The molecule has 0 saturated carbocycles. The van der Waals surface area contributed by atoms with Crippen molar-refractivity contribution in [1.82, 2.24) is 5.32 Å². The van der Waals surface area contributed by atoms with E-state index in [1.807, 2.05) is 31.2 Å². The van der Waals surface area contributed by atoms with Gasteiger partial charge in [0.1, 0.15) is 0 Å². The molecule has 1 aliphatic heterocycles. The molecule has 5 heteroatoms. The van der Waals surface area contributed by atoms with Gasteiger partial charge in [-0.15, -0.1) is 0 Å². The fraction of sp³-hybridized carbons (Fsp3) is 0.500. The lowest BCUT2D eigenvalue weighted by Crippen LogP contribution is -2.27. The minimum atomic E-state index is -0.803. The summed E-state index contributed by atoms with van der Waals surface area (Å²) in [5.41, 5.74) is 1.72. The van der Waals surface area contributed by atoms with Crippen molar-refractivity contribution in [3.63, 3.8) is 0 Å². The van der Waals surface area contributed by atoms with Gasteiger partial charge in [-0.2, -0.15) is 0 Å². The maximum Gasteiger partial charge on any atom is 0.303 e. The summed E-state index contributed by atoms with van der Waals surface area (Å²) in [4.78, 5) is 22.9. The highest BCUT2D eigenvalue weighted by Crippen LogP contribution is 2.22. The van der Waals surface area contributed by atoms with Gasteiger partial charge in [0.25, 0.3) is 0 Å². The zero-order valence-electron chi connectivity index (χ0n) is 12.4. The van der Waals surface area contributed by atoms with Gasteiger partial charge in [0.05, 0.1) is 12.3 Å². The predicted octanol–water partition coefficient (Wildman–Crippen LogP) is 2.06. The molecule has 114 valence electrons. The minimum Gasteiger partial charge on any atom is -0.481 e. The zero-order valence-corrected chi connectivity index (χ0v) is 12.4. The molecule has 0 bridgehead atoms. The van der Waals surface area contributed by atoms with Gasteiger partial charge in [-0.25, -0.2) is 0 Å². The number of nitrogens with one attached hydrogen (secondary N) is 2. The van der Waals surface area contributed by atoms with E-state index in [1.165, 1.54) is 0 Å². The summed E-state index contributed by atoms with van der Waals surface area (Å²) in [6.07, 6.45) is 0.108. The Labute approximate surface area is 124 Å². The first-order valence-corrected chi connectivity index (χ1v) is 7.30. The third-order valence-corrected chi connectivity index (χ3v) is 4.08. The van der Waals surface area contributed by atoms with Gasteiger partial charge >= 0.3 is 5.97 Å². The summed E-state index contributed by atoms with van der Waals surface area (Å²) < 4.78 is 0. The van der Waals surface area contributed by atoms with Crippen LogP contribution in [0.25, 0.3) is 0 Å². The number of aliphatic carboxylic acids is 1. The van der Waals surface area contributed by atoms with E-state index < -0.39 is 5.97 Å². The Bertz CT molecular complexity index is 513. The van der Waals surface area contributed by atoms with Crippen molar-refractivity contribution < 1.29 is 14.7 Å². The number of rotatable bonds is 5. The Morgan fingerprint density at radius 1 is 1.33 bits per heavy atom. The second kappa shape index (κ2) is 6.72. The Morgan fingerprint density at radius 3 is 2.52 bits per heavy atom. The van der Waals surface area contributed by atoms with Gasteiger partial charge in [0.2, 0.25) is 5.91 Å². The van der Waals surface area contributed by atoms with Crippen molar-refractivity contribution in [3.05, 3.63) is 29.8 Å². The van der Waals surface area contributed by atoms with Crippen LogP contribution in [0.2, 0.25) is 0 Å². The summed E-state index contributed by atoms with van der Waals surface area (Å²) in [5, 5.41) is 14.9. The van der Waals surface area contributed by atoms with Crippen molar-refractivity contribution in [2.75, 3.05) is 18.4 Å². The van der Waals surface area contributed by atoms with Crippen molar-refractivity contribution in [1.29, 1.82) is 0 Å². The highest BCUT2D eigenvalue weighted by Gasteiger charge is 2.29. The Hall–Kier alpha value is -1.88. The quantitative estimate of drug-likeness (QED) is 0.775. The van der Waals surface area contributed by atoms with Crippen LogP contribution in [0.3, 0.4) is 0 Å². The number of benzene rings is 1. The summed E-state index contributed by atoms with van der Waals surface area (Å²) >= 11 is 0. The molecule has 3 atom stereocenters. The zero-order chi connectivity index (χ0) is 15.4. The molecule has 1 amide bonds. The average molecular weight is 290 g/mol. The molecule has 1 heterocycles. The Morgan fingerprint density at radius 2 is 2.00 bits per heavy atom. The van der Waals surface area contributed by atoms with Crippen LogP contribution >= 0.6 is 0 Å². The van der Waals surface area contributed by atoms with Crippen molar-refractivity contribution in [2.45, 2.75) is 26.2 Å². The first-order chi connectivity index (χ1) is 9.97. The number of carbonyl (C=O) groups is 2. The third-order valence-electron chi connectivity index (χ3n) is 4.08. The monoisotopic (exact) mass is 290 g/mol. The van der Waals surface area contributed by atoms with Crippen LogP contribution in [0.15, 0.2) is 24.3 Å². The maximum absolute atomic E-state index is 12.2. The van der Waals surface area contributed by atoms with Gasteiger partial charge in [-0.05, 0) is 36.1 Å². The van der Waals surface area contributed by atoms with Crippen LogP contribution in [0.5, 0.6) is 0 Å². The van der Waals surface area contributed by atoms with Gasteiger partial charge in [-0.1, -0.05) is 26.0 Å². The van der Waals surface area contributed by atoms with E-state index >= 15 is 0 Å². The van der Waals surface area contributed by atoms with E-state index in [1.54, 1.807) is 0 Å². The van der Waals surface area contributed by atoms with Gasteiger partial charge in [0.15, 0.2) is 0 Å². The summed E-state index contributed by atoms with van der Waals surface area (Å²) in [7, 11) is 0. The van der Waals surface area contributed by atoms with Crippen molar-refractivity contribution in [2.24, 2.45) is 11.8 Å². The first-order valence-electron chi connectivity index (χ1n) is 7.30. The number of carbonyl (C=O) groups excluding carboxylic acids is 1. The molecular formula is C16H22N2O3. The van der Waals surface area contributed by atoms with Crippen molar-refractivity contribution >= 4 is 17.6 Å². The van der Waals surface area contributed by atoms with Crippen LogP contribution < -0.4 is 10.6 Å². The molecule has 2 rings (SSSR count). The molecule has 1 fully saturated rings. The highest BCUT2D eigenvalue weighted by atomic mass is 16.4. The molecule has 1 saturated heterocycles. The van der Waals surface area contributed by atoms with Crippen molar-refractivity contribution in [3.8, 4) is 0 Å². The standard InChI is InChI=1S/C16H22N2O3/c1-10(7-15(19)20)12-3-5-13(6-4-12)18-16(21)14-9-17-8-11(14)2/h3-6,10-11,14,17H,7-9H2,1-2H3,(H,18,21)(H,19,20). The molecule has 21 heavy (non-hydrogen) atoms. The molecule has 1 aromatic carbocycles. The summed E-state index contributed by atoms with van der Waals surface area (Å²) in [5.74, 6) is -0.441. The molecule has 0 aromatic heterocycles. The van der Waals surface area contributed by atoms with E-state index in [4.69, 9.17) is 5.11 Å². The largest absolute Gasteiger partial charge is 0.481 e. The van der Waals surface area contributed by atoms with Crippen LogP contribution in [-0.4, -0.2) is 30.1 Å². The molecule has 1 aromatic rings. The van der Waals surface area contributed by atoms with Gasteiger partial charge < -0.3 is 15.7 Å². The van der Waals surface area contributed by atoms with E-state index in [0.29, 0.717) is 5.92 Å². The molecule has 1 aliphatic rings. The van der Waals surface area contributed by atoms with E-state index in [2.05, 4.69) is 17.6 Å². The van der Waals surface area contributed by atoms with E-state index in [0.717, 1.165) is 24.3 Å². The predicted molar refractivity (Wildman–Crippen MR) is 81.3 cm³/mol. The number of hydrogen-bond acceptors (Lipinski definition) is 3. The third kappa shape index (κ3) is 4.04. The first kappa shape index (κ1) is 15.5. The minimum absolute atomic E-state index is 0.00982. The smallest absolute Gasteiger partial charge is 0.303 e. The normalized spacial score (nSPS) is 22.8.